The fourth-order valence-electron chi connectivity index (χ4n) is 4.95. The molecule has 174 valence electrons. The molecule has 6 rings (SSSR count). The van der Waals surface area contributed by atoms with E-state index < -0.39 is 0 Å². The molecule has 1 saturated heterocycles. The predicted molar refractivity (Wildman–Crippen MR) is 130 cm³/mol. The van der Waals surface area contributed by atoms with Crippen LogP contribution < -0.4 is 4.74 Å². The van der Waals surface area contributed by atoms with Crippen LogP contribution >= 0.6 is 0 Å². The van der Waals surface area contributed by atoms with Crippen molar-refractivity contribution in [3.8, 4) is 16.9 Å². The van der Waals surface area contributed by atoms with Gasteiger partial charge in [0.05, 0.1) is 7.11 Å². The topological polar surface area (TPSA) is 68.5 Å². The molecule has 1 aliphatic heterocycles. The molecule has 0 bridgehead atoms. The third kappa shape index (κ3) is 3.69. The highest BCUT2D eigenvalue weighted by atomic mass is 19.1. The minimum Gasteiger partial charge on any atom is -0.493 e. The number of nitrogens with zero attached hydrogens (tertiary/aromatic N) is 3. The van der Waals surface area contributed by atoms with Gasteiger partial charge in [-0.15, -0.1) is 0 Å². The first-order valence-corrected chi connectivity index (χ1v) is 11.4. The van der Waals surface area contributed by atoms with Crippen molar-refractivity contribution >= 4 is 27.8 Å². The Bertz CT molecular complexity index is 1560. The highest BCUT2D eigenvalue weighted by Gasteiger charge is 2.33. The molecule has 2 aromatic carbocycles. The molecule has 0 saturated carbocycles. The van der Waals surface area contributed by atoms with E-state index in [1.54, 1.807) is 42.9 Å². The van der Waals surface area contributed by atoms with Gasteiger partial charge in [-0.1, -0.05) is 24.3 Å². The first-order valence-electron chi connectivity index (χ1n) is 11.4. The van der Waals surface area contributed by atoms with Gasteiger partial charge in [0, 0.05) is 72.1 Å². The van der Waals surface area contributed by atoms with E-state index >= 15 is 0 Å². The van der Waals surface area contributed by atoms with Crippen LogP contribution in [0.4, 0.5) is 4.39 Å². The Morgan fingerprint density at radius 2 is 1.97 bits per heavy atom. The van der Waals surface area contributed by atoms with E-state index in [1.807, 2.05) is 36.4 Å². The summed E-state index contributed by atoms with van der Waals surface area (Å²) in [5.74, 6) is 0.258. The quantitative estimate of drug-likeness (QED) is 0.331. The van der Waals surface area contributed by atoms with Gasteiger partial charge in [-0.2, -0.15) is 0 Å². The number of carbonyl (C=O) groups excluding carboxylic acids is 1. The maximum absolute atomic E-state index is 15.0. The second kappa shape index (κ2) is 8.51. The van der Waals surface area contributed by atoms with Crippen molar-refractivity contribution in [2.45, 2.75) is 18.9 Å². The number of pyridine rings is 2. The predicted octanol–water partition coefficient (Wildman–Crippen LogP) is 5.71. The minimum absolute atomic E-state index is 0.000583. The highest BCUT2D eigenvalue weighted by molar-refractivity contribution is 6.08. The first-order chi connectivity index (χ1) is 17.1. The molecule has 0 aliphatic carbocycles. The molecule has 0 N–H and O–H groups in total. The van der Waals surface area contributed by atoms with Crippen LogP contribution in [0.1, 0.15) is 23.5 Å². The van der Waals surface area contributed by atoms with Crippen LogP contribution in [-0.4, -0.2) is 34.4 Å². The summed E-state index contributed by atoms with van der Waals surface area (Å²) in [4.78, 5) is 23.0. The molecule has 1 unspecified atom stereocenters. The zero-order valence-electron chi connectivity index (χ0n) is 19.1. The van der Waals surface area contributed by atoms with Gasteiger partial charge in [-0.05, 0) is 35.4 Å². The van der Waals surface area contributed by atoms with Crippen LogP contribution in [0.25, 0.3) is 33.1 Å². The Morgan fingerprint density at radius 1 is 1.09 bits per heavy atom. The second-order valence-corrected chi connectivity index (χ2v) is 8.76. The molecule has 5 aromatic rings. The molecule has 3 aromatic heterocycles. The van der Waals surface area contributed by atoms with Crippen molar-refractivity contribution in [2.24, 2.45) is 0 Å². The lowest BCUT2D eigenvalue weighted by Gasteiger charge is -2.18. The molecule has 6 nitrogen and oxygen atoms in total. The number of ether oxygens (including phenoxy) is 1. The van der Waals surface area contributed by atoms with E-state index in [2.05, 4.69) is 9.97 Å². The number of furan rings is 1. The molecule has 35 heavy (non-hydrogen) atoms. The summed E-state index contributed by atoms with van der Waals surface area (Å²) in [6.07, 6.45) is 7.20. The summed E-state index contributed by atoms with van der Waals surface area (Å²) in [5, 5.41) is 1.80. The zero-order valence-corrected chi connectivity index (χ0v) is 19.1. The number of carbonyl (C=O) groups is 1. The van der Waals surface area contributed by atoms with Gasteiger partial charge in [0.2, 0.25) is 5.91 Å². The molecular formula is C28H22FN3O3. The lowest BCUT2D eigenvalue weighted by molar-refractivity contribution is -0.128. The van der Waals surface area contributed by atoms with Crippen molar-refractivity contribution in [3.05, 3.63) is 90.3 Å². The Balaban J connectivity index is 1.30. The average molecular weight is 468 g/mol. The van der Waals surface area contributed by atoms with Crippen molar-refractivity contribution in [3.63, 3.8) is 0 Å². The normalized spacial score (nSPS) is 15.9. The Morgan fingerprint density at radius 3 is 2.77 bits per heavy atom. The number of hydrogen-bond donors (Lipinski definition) is 0. The van der Waals surface area contributed by atoms with Gasteiger partial charge in [-0.3, -0.25) is 14.8 Å². The van der Waals surface area contributed by atoms with Crippen LogP contribution in [-0.2, 0) is 11.3 Å². The van der Waals surface area contributed by atoms with Crippen LogP contribution in [0.3, 0.4) is 0 Å². The molecule has 0 spiro atoms. The largest absolute Gasteiger partial charge is 0.493 e. The molecule has 1 amide bonds. The maximum atomic E-state index is 15.0. The lowest BCUT2D eigenvalue weighted by Crippen LogP contribution is -2.25. The summed E-state index contributed by atoms with van der Waals surface area (Å²) >= 11 is 0. The van der Waals surface area contributed by atoms with E-state index in [0.29, 0.717) is 29.9 Å². The number of halogens is 1. The van der Waals surface area contributed by atoms with Crippen molar-refractivity contribution in [1.82, 2.24) is 14.9 Å². The number of amides is 1. The SMILES string of the molecule is COc1ccc(C2CC(=O)N(Cc3ccc(-c4cccnc4)cc3F)C2)c2c1oc1ccncc12. The molecule has 1 aliphatic rings. The van der Waals surface area contributed by atoms with Crippen LogP contribution in [0.2, 0.25) is 0 Å². The smallest absolute Gasteiger partial charge is 0.223 e. The summed E-state index contributed by atoms with van der Waals surface area (Å²) in [6, 6.07) is 14.5. The fraction of sp³-hybridized carbons (Fsp3) is 0.179. The summed E-state index contributed by atoms with van der Waals surface area (Å²) in [6.45, 7) is 0.721. The summed E-state index contributed by atoms with van der Waals surface area (Å²) in [7, 11) is 1.61. The van der Waals surface area contributed by atoms with E-state index in [-0.39, 0.29) is 24.2 Å². The monoisotopic (exact) mass is 467 g/mol. The molecule has 0 radical (unpaired) electrons. The standard InChI is InChI=1S/C28H22FN3O3/c1-34-25-7-6-21(27-22-14-31-10-8-24(22)35-28(25)27)20-12-26(33)32(16-20)15-19-5-4-17(11-23(19)29)18-3-2-9-30-13-18/h2-11,13-14,20H,12,15-16H2,1H3. The third-order valence-corrected chi connectivity index (χ3v) is 6.70. The summed E-state index contributed by atoms with van der Waals surface area (Å²) in [5.41, 5.74) is 4.47. The van der Waals surface area contributed by atoms with Gasteiger partial charge in [0.15, 0.2) is 11.3 Å². The van der Waals surface area contributed by atoms with Crippen LogP contribution in [0, 0.1) is 5.82 Å². The number of likely N-dealkylation sites (tertiary alicyclic amines) is 1. The Kier molecular flexibility index (Phi) is 5.17. The van der Waals surface area contributed by atoms with Gasteiger partial charge in [0.1, 0.15) is 11.4 Å². The van der Waals surface area contributed by atoms with Crippen molar-refractivity contribution in [1.29, 1.82) is 0 Å². The molecular weight excluding hydrogens is 445 g/mol. The lowest BCUT2D eigenvalue weighted by atomic mass is 9.93. The van der Waals surface area contributed by atoms with E-state index in [1.165, 1.54) is 6.07 Å². The number of rotatable bonds is 5. The van der Waals surface area contributed by atoms with Gasteiger partial charge in [-0.25, -0.2) is 4.39 Å². The van der Waals surface area contributed by atoms with E-state index in [4.69, 9.17) is 9.15 Å². The first kappa shape index (κ1) is 21.3. The fourth-order valence-corrected chi connectivity index (χ4v) is 4.95. The zero-order chi connectivity index (χ0) is 23.9. The number of aromatic nitrogens is 2. The Hall–Kier alpha value is -4.26. The van der Waals surface area contributed by atoms with Crippen molar-refractivity contribution in [2.75, 3.05) is 13.7 Å². The molecule has 4 heterocycles. The molecule has 7 heteroatoms. The van der Waals surface area contributed by atoms with E-state index in [9.17, 15) is 9.18 Å². The highest BCUT2D eigenvalue weighted by Crippen LogP contribution is 2.42. The number of hydrogen-bond acceptors (Lipinski definition) is 5. The molecule has 1 fully saturated rings. The van der Waals surface area contributed by atoms with Crippen LogP contribution in [0.15, 0.2) is 77.7 Å². The van der Waals surface area contributed by atoms with Gasteiger partial charge < -0.3 is 14.1 Å². The minimum atomic E-state index is -0.332. The average Bonchev–Trinajstić information content (AvgIpc) is 3.46. The Labute approximate surface area is 201 Å². The maximum Gasteiger partial charge on any atom is 0.223 e. The van der Waals surface area contributed by atoms with Crippen molar-refractivity contribution < 1.29 is 18.3 Å². The third-order valence-electron chi connectivity index (χ3n) is 6.70. The number of fused-ring (bicyclic) bond motifs is 3. The van der Waals surface area contributed by atoms with Gasteiger partial charge >= 0.3 is 0 Å². The molecule has 1 atom stereocenters. The van der Waals surface area contributed by atoms with Crippen LogP contribution in [0.5, 0.6) is 5.75 Å². The second-order valence-electron chi connectivity index (χ2n) is 8.76. The number of benzene rings is 2. The van der Waals surface area contributed by atoms with Gasteiger partial charge in [0.25, 0.3) is 0 Å². The van der Waals surface area contributed by atoms with E-state index in [0.717, 1.165) is 33.0 Å². The number of methoxy groups -OCH3 is 1. The summed E-state index contributed by atoms with van der Waals surface area (Å²) < 4.78 is 26.6.